The summed E-state index contributed by atoms with van der Waals surface area (Å²) in [5, 5.41) is 2.99. The molecule has 5 nitrogen and oxygen atoms in total. The number of nitrogens with one attached hydrogen (secondary N) is 2. The van der Waals surface area contributed by atoms with Crippen LogP contribution in [0.3, 0.4) is 0 Å². The van der Waals surface area contributed by atoms with E-state index in [0.29, 0.717) is 5.75 Å². The fraction of sp³-hybridized carbons (Fsp3) is 0.350. The second-order valence-corrected chi connectivity index (χ2v) is 6.61. The van der Waals surface area contributed by atoms with Crippen LogP contribution in [0.1, 0.15) is 5.56 Å². The molecule has 0 spiro atoms. The first-order valence-corrected chi connectivity index (χ1v) is 8.76. The molecule has 0 atom stereocenters. The number of likely N-dealkylation sites (N-methyl/N-ethyl adjacent to an activating group) is 1. The summed E-state index contributed by atoms with van der Waals surface area (Å²) in [7, 11) is 2.22. The van der Waals surface area contributed by atoms with E-state index in [2.05, 4.69) is 23.3 Å². The average Bonchev–Trinajstić information content (AvgIpc) is 2.63. The Morgan fingerprint density at radius 2 is 1.80 bits per heavy atom. The normalized spacial score (nSPS) is 15.0. The first-order valence-electron chi connectivity index (χ1n) is 8.76. The van der Waals surface area contributed by atoms with Gasteiger partial charge < -0.3 is 19.9 Å². The van der Waals surface area contributed by atoms with Gasteiger partial charge in [-0.15, -0.1) is 0 Å². The quantitative estimate of drug-likeness (QED) is 0.864. The number of carbonyl (C=O) groups excluding carboxylic acids is 1. The summed E-state index contributed by atoms with van der Waals surface area (Å²) >= 11 is 0. The second kappa shape index (κ2) is 8.03. The standard InChI is InChI=1S/C20H25N3O2/c1-16-7-9-17(10-8-16)25-15-20(24)21-18-5-3-4-6-19(18)23-13-11-22(2)12-14-23/h3-10H,11-15H2,1-2H3,(H,21,24)/p+1. The topological polar surface area (TPSA) is 46.0 Å². The van der Waals surface area contributed by atoms with Crippen LogP contribution in [0.4, 0.5) is 11.4 Å². The molecule has 0 saturated carbocycles. The zero-order chi connectivity index (χ0) is 17.6. The van der Waals surface area contributed by atoms with Crippen LogP contribution in [0.2, 0.25) is 0 Å². The number of nitrogens with zero attached hydrogens (tertiary/aromatic N) is 1. The van der Waals surface area contributed by atoms with Crippen LogP contribution in [0.5, 0.6) is 5.75 Å². The highest BCUT2D eigenvalue weighted by Crippen LogP contribution is 2.25. The number of hydrogen-bond donors (Lipinski definition) is 2. The summed E-state index contributed by atoms with van der Waals surface area (Å²) in [6.07, 6.45) is 0. The van der Waals surface area contributed by atoms with Crippen LogP contribution >= 0.6 is 0 Å². The number of piperazine rings is 1. The van der Waals surface area contributed by atoms with Crippen LogP contribution in [0.15, 0.2) is 48.5 Å². The number of aryl methyl sites for hydroxylation is 1. The van der Waals surface area contributed by atoms with E-state index in [1.54, 1.807) is 4.90 Å². The summed E-state index contributed by atoms with van der Waals surface area (Å²) in [5.74, 6) is 0.559. The fourth-order valence-electron chi connectivity index (χ4n) is 2.95. The van der Waals surface area contributed by atoms with Crippen LogP contribution in [0.25, 0.3) is 0 Å². The van der Waals surface area contributed by atoms with Crippen LogP contribution in [0, 0.1) is 6.92 Å². The van der Waals surface area contributed by atoms with Gasteiger partial charge in [0.2, 0.25) is 0 Å². The van der Waals surface area contributed by atoms with E-state index in [1.807, 2.05) is 49.4 Å². The molecule has 3 rings (SSSR count). The molecule has 0 unspecified atom stereocenters. The maximum absolute atomic E-state index is 12.3. The van der Waals surface area contributed by atoms with E-state index in [4.69, 9.17) is 4.74 Å². The molecule has 1 saturated heterocycles. The van der Waals surface area contributed by atoms with E-state index >= 15 is 0 Å². The second-order valence-electron chi connectivity index (χ2n) is 6.61. The molecule has 25 heavy (non-hydrogen) atoms. The van der Waals surface area contributed by atoms with Crippen molar-refractivity contribution >= 4 is 17.3 Å². The van der Waals surface area contributed by atoms with Crippen molar-refractivity contribution in [2.24, 2.45) is 0 Å². The number of hydrogen-bond acceptors (Lipinski definition) is 3. The highest BCUT2D eigenvalue weighted by atomic mass is 16.5. The van der Waals surface area contributed by atoms with Crippen LogP contribution in [-0.4, -0.2) is 45.7 Å². The van der Waals surface area contributed by atoms with Gasteiger partial charge in [0.05, 0.1) is 44.6 Å². The molecule has 2 N–H and O–H groups in total. The van der Waals surface area contributed by atoms with Gasteiger partial charge in [0.25, 0.3) is 5.91 Å². The van der Waals surface area contributed by atoms with Crippen molar-refractivity contribution in [1.29, 1.82) is 0 Å². The Balaban J connectivity index is 1.60. The van der Waals surface area contributed by atoms with Crippen molar-refractivity contribution in [1.82, 2.24) is 0 Å². The summed E-state index contributed by atoms with van der Waals surface area (Å²) in [4.78, 5) is 16.2. The molecule has 1 fully saturated rings. The lowest BCUT2D eigenvalue weighted by atomic mass is 10.2. The monoisotopic (exact) mass is 340 g/mol. The van der Waals surface area contributed by atoms with E-state index in [9.17, 15) is 4.79 Å². The number of para-hydroxylation sites is 2. The molecule has 0 aromatic heterocycles. The first-order chi connectivity index (χ1) is 12.1. The molecule has 1 aliphatic rings. The molecule has 5 heteroatoms. The molecule has 0 bridgehead atoms. The highest BCUT2D eigenvalue weighted by molar-refractivity contribution is 5.95. The largest absolute Gasteiger partial charge is 0.484 e. The third kappa shape index (κ3) is 4.73. The molecule has 132 valence electrons. The van der Waals surface area contributed by atoms with E-state index < -0.39 is 0 Å². The molecule has 1 aliphatic heterocycles. The maximum Gasteiger partial charge on any atom is 0.262 e. The van der Waals surface area contributed by atoms with Crippen LogP contribution in [-0.2, 0) is 4.79 Å². The van der Waals surface area contributed by atoms with Gasteiger partial charge in [-0.25, -0.2) is 0 Å². The first kappa shape index (κ1) is 17.3. The number of carbonyl (C=O) groups is 1. The molecule has 0 aliphatic carbocycles. The Morgan fingerprint density at radius 3 is 2.52 bits per heavy atom. The van der Waals surface area contributed by atoms with Crippen molar-refractivity contribution in [3.05, 3.63) is 54.1 Å². The summed E-state index contributed by atoms with van der Waals surface area (Å²) in [5.41, 5.74) is 3.10. The summed E-state index contributed by atoms with van der Waals surface area (Å²) < 4.78 is 5.57. The number of rotatable bonds is 5. The number of anilines is 2. The summed E-state index contributed by atoms with van der Waals surface area (Å²) in [6.45, 7) is 6.24. The van der Waals surface area contributed by atoms with Gasteiger partial charge in [-0.3, -0.25) is 4.79 Å². The van der Waals surface area contributed by atoms with Gasteiger partial charge in [-0.1, -0.05) is 29.8 Å². The minimum absolute atomic E-state index is 0.00425. The van der Waals surface area contributed by atoms with Gasteiger partial charge in [0.15, 0.2) is 6.61 Å². The lowest BCUT2D eigenvalue weighted by Gasteiger charge is -2.33. The Hall–Kier alpha value is -2.53. The number of ether oxygens (including phenoxy) is 1. The molecular weight excluding hydrogens is 314 g/mol. The lowest BCUT2D eigenvalue weighted by molar-refractivity contribution is -0.880. The number of benzene rings is 2. The van der Waals surface area contributed by atoms with E-state index in [0.717, 1.165) is 37.6 Å². The Labute approximate surface area is 149 Å². The average molecular weight is 340 g/mol. The van der Waals surface area contributed by atoms with Crippen molar-refractivity contribution in [3.63, 3.8) is 0 Å². The minimum Gasteiger partial charge on any atom is -0.484 e. The predicted molar refractivity (Wildman–Crippen MR) is 101 cm³/mol. The van der Waals surface area contributed by atoms with Crippen LogP contribution < -0.4 is 19.9 Å². The van der Waals surface area contributed by atoms with Crippen molar-refractivity contribution < 1.29 is 14.4 Å². The van der Waals surface area contributed by atoms with Gasteiger partial charge in [0.1, 0.15) is 5.75 Å². The lowest BCUT2D eigenvalue weighted by Crippen LogP contribution is -3.12. The molecule has 2 aromatic rings. The molecular formula is C20H26N3O2+. The smallest absolute Gasteiger partial charge is 0.262 e. The Morgan fingerprint density at radius 1 is 1.12 bits per heavy atom. The van der Waals surface area contributed by atoms with Gasteiger partial charge >= 0.3 is 0 Å². The molecule has 0 radical (unpaired) electrons. The van der Waals surface area contributed by atoms with E-state index in [-0.39, 0.29) is 12.5 Å². The number of amides is 1. The van der Waals surface area contributed by atoms with Crippen molar-refractivity contribution in [2.45, 2.75) is 6.92 Å². The minimum atomic E-state index is -0.146. The zero-order valence-electron chi connectivity index (χ0n) is 14.9. The predicted octanol–water partition coefficient (Wildman–Crippen LogP) is 1.35. The summed E-state index contributed by atoms with van der Waals surface area (Å²) in [6, 6.07) is 15.7. The van der Waals surface area contributed by atoms with E-state index in [1.165, 1.54) is 5.56 Å². The van der Waals surface area contributed by atoms with Gasteiger partial charge in [-0.05, 0) is 31.2 Å². The Bertz CT molecular complexity index is 707. The Kier molecular flexibility index (Phi) is 5.56. The third-order valence-electron chi connectivity index (χ3n) is 4.53. The van der Waals surface area contributed by atoms with Crippen molar-refractivity contribution in [2.75, 3.05) is 50.1 Å². The van der Waals surface area contributed by atoms with Crippen molar-refractivity contribution in [3.8, 4) is 5.75 Å². The fourth-order valence-corrected chi connectivity index (χ4v) is 2.95. The van der Waals surface area contributed by atoms with Gasteiger partial charge in [0, 0.05) is 0 Å². The maximum atomic E-state index is 12.3. The zero-order valence-corrected chi connectivity index (χ0v) is 14.9. The molecule has 2 aromatic carbocycles. The number of quaternary nitrogens is 1. The molecule has 1 heterocycles. The highest BCUT2D eigenvalue weighted by Gasteiger charge is 2.19. The molecule has 1 amide bonds. The third-order valence-corrected chi connectivity index (χ3v) is 4.53. The van der Waals surface area contributed by atoms with Gasteiger partial charge in [-0.2, -0.15) is 0 Å². The SMILES string of the molecule is Cc1ccc(OCC(=O)Nc2ccccc2N2CC[NH+](C)CC2)cc1.